The molecule has 1 heterocycles. The summed E-state index contributed by atoms with van der Waals surface area (Å²) in [6, 6.07) is 7.50. The summed E-state index contributed by atoms with van der Waals surface area (Å²) >= 11 is 0. The second-order valence-corrected chi connectivity index (χ2v) is 7.62. The summed E-state index contributed by atoms with van der Waals surface area (Å²) in [5.41, 5.74) is 0.241. The molecule has 1 amide bonds. The number of anilines is 1. The van der Waals surface area contributed by atoms with E-state index in [9.17, 15) is 13.2 Å². The van der Waals surface area contributed by atoms with Crippen LogP contribution in [0.15, 0.2) is 39.8 Å². The van der Waals surface area contributed by atoms with Crippen molar-refractivity contribution in [2.45, 2.75) is 43.5 Å². The lowest BCUT2D eigenvalue weighted by Crippen LogP contribution is -2.32. The highest BCUT2D eigenvalue weighted by Gasteiger charge is 2.23. The van der Waals surface area contributed by atoms with Gasteiger partial charge in [-0.3, -0.25) is 4.79 Å². The van der Waals surface area contributed by atoms with E-state index in [2.05, 4.69) is 15.2 Å². The number of benzene rings is 1. The Morgan fingerprint density at radius 2 is 2.00 bits per heavy atom. The Morgan fingerprint density at radius 1 is 1.25 bits per heavy atom. The van der Waals surface area contributed by atoms with Gasteiger partial charge in [0.25, 0.3) is 5.91 Å². The summed E-state index contributed by atoms with van der Waals surface area (Å²) in [7, 11) is -3.63. The minimum Gasteiger partial charge on any atom is -0.360 e. The van der Waals surface area contributed by atoms with Crippen LogP contribution in [0.2, 0.25) is 0 Å². The maximum absolute atomic E-state index is 12.5. The van der Waals surface area contributed by atoms with Crippen molar-refractivity contribution in [3.8, 4) is 0 Å². The number of amides is 1. The summed E-state index contributed by atoms with van der Waals surface area (Å²) in [6.07, 6.45) is 3.77. The van der Waals surface area contributed by atoms with Crippen molar-refractivity contribution in [1.29, 1.82) is 0 Å². The molecule has 1 aliphatic rings. The van der Waals surface area contributed by atoms with E-state index in [1.165, 1.54) is 12.1 Å². The number of rotatable bonds is 5. The molecule has 1 aliphatic carbocycles. The molecule has 0 spiro atoms. The quantitative estimate of drug-likeness (QED) is 0.863. The fraction of sp³-hybridized carbons (Fsp3) is 0.375. The molecular weight excluding hydrogens is 330 g/mol. The molecule has 1 aromatic carbocycles. The van der Waals surface area contributed by atoms with Gasteiger partial charge in [0.2, 0.25) is 10.0 Å². The fourth-order valence-corrected chi connectivity index (χ4v) is 4.10. The average molecular weight is 349 g/mol. The van der Waals surface area contributed by atoms with Crippen molar-refractivity contribution < 1.29 is 17.7 Å². The molecule has 128 valence electrons. The van der Waals surface area contributed by atoms with Crippen LogP contribution in [0.3, 0.4) is 0 Å². The second-order valence-electron chi connectivity index (χ2n) is 5.91. The highest BCUT2D eigenvalue weighted by Crippen LogP contribution is 2.21. The first kappa shape index (κ1) is 16.7. The van der Waals surface area contributed by atoms with Crippen molar-refractivity contribution >= 4 is 21.7 Å². The van der Waals surface area contributed by atoms with Crippen LogP contribution in [0.4, 0.5) is 5.82 Å². The number of aromatic nitrogens is 1. The zero-order valence-corrected chi connectivity index (χ0v) is 14.1. The normalized spacial score (nSPS) is 15.5. The highest BCUT2D eigenvalue weighted by molar-refractivity contribution is 7.89. The van der Waals surface area contributed by atoms with E-state index in [-0.39, 0.29) is 22.3 Å². The molecule has 0 unspecified atom stereocenters. The van der Waals surface area contributed by atoms with Crippen LogP contribution >= 0.6 is 0 Å². The van der Waals surface area contributed by atoms with Gasteiger partial charge in [-0.25, -0.2) is 13.1 Å². The molecular formula is C16H19N3O4S. The number of aryl methyl sites for hydroxylation is 1. The minimum absolute atomic E-state index is 0.0226. The maximum atomic E-state index is 12.5. The Bertz CT molecular complexity index is 839. The number of hydrogen-bond donors (Lipinski definition) is 2. The maximum Gasteiger partial charge on any atom is 0.256 e. The van der Waals surface area contributed by atoms with Gasteiger partial charge in [-0.1, -0.05) is 24.1 Å². The van der Waals surface area contributed by atoms with Gasteiger partial charge in [-0.2, -0.15) is 0 Å². The van der Waals surface area contributed by atoms with Gasteiger partial charge in [0.05, 0.1) is 4.90 Å². The minimum atomic E-state index is -3.63. The van der Waals surface area contributed by atoms with E-state index in [1.807, 2.05) is 0 Å². The van der Waals surface area contributed by atoms with Crippen LogP contribution in [-0.4, -0.2) is 25.5 Å². The third kappa shape index (κ3) is 3.82. The Labute approximate surface area is 140 Å². The zero-order valence-electron chi connectivity index (χ0n) is 13.3. The molecule has 1 aromatic heterocycles. The molecule has 7 nitrogen and oxygen atoms in total. The summed E-state index contributed by atoms with van der Waals surface area (Å²) in [6.45, 7) is 1.71. The molecule has 0 radical (unpaired) electrons. The summed E-state index contributed by atoms with van der Waals surface area (Å²) in [5.74, 6) is 0.415. The third-order valence-corrected chi connectivity index (χ3v) is 5.47. The number of sulfonamides is 1. The highest BCUT2D eigenvalue weighted by atomic mass is 32.2. The fourth-order valence-electron chi connectivity index (χ4n) is 2.75. The summed E-state index contributed by atoms with van der Waals surface area (Å²) in [5, 5.41) is 6.26. The molecule has 0 bridgehead atoms. The Hall–Kier alpha value is -2.19. The van der Waals surface area contributed by atoms with E-state index in [4.69, 9.17) is 4.52 Å². The molecule has 0 atom stereocenters. The molecule has 1 fully saturated rings. The molecule has 2 N–H and O–H groups in total. The zero-order chi connectivity index (χ0) is 17.2. The molecule has 24 heavy (non-hydrogen) atoms. The topological polar surface area (TPSA) is 101 Å². The number of carbonyl (C=O) groups is 1. The number of nitrogens with one attached hydrogen (secondary N) is 2. The average Bonchev–Trinajstić information content (AvgIpc) is 3.19. The second kappa shape index (κ2) is 6.74. The Morgan fingerprint density at radius 3 is 2.67 bits per heavy atom. The molecule has 0 aliphatic heterocycles. The van der Waals surface area contributed by atoms with Gasteiger partial charge in [-0.05, 0) is 38.0 Å². The first-order valence-corrected chi connectivity index (χ1v) is 9.29. The van der Waals surface area contributed by atoms with Crippen molar-refractivity contribution in [2.24, 2.45) is 0 Å². The van der Waals surface area contributed by atoms with Gasteiger partial charge in [0, 0.05) is 17.7 Å². The van der Waals surface area contributed by atoms with E-state index in [1.54, 1.807) is 25.1 Å². The molecule has 0 saturated heterocycles. The number of hydrogen-bond acceptors (Lipinski definition) is 5. The van der Waals surface area contributed by atoms with Crippen LogP contribution in [0.1, 0.15) is 41.8 Å². The van der Waals surface area contributed by atoms with Crippen LogP contribution in [0.25, 0.3) is 0 Å². The number of nitrogens with zero attached hydrogens (tertiary/aromatic N) is 1. The SMILES string of the molecule is Cc1cc(NC(=O)c2cccc(S(=O)(=O)NC3CCCC3)c2)no1. The predicted octanol–water partition coefficient (Wildman–Crippen LogP) is 2.46. The van der Waals surface area contributed by atoms with Crippen LogP contribution in [0.5, 0.6) is 0 Å². The van der Waals surface area contributed by atoms with Crippen LogP contribution in [0, 0.1) is 6.92 Å². The van der Waals surface area contributed by atoms with Gasteiger partial charge >= 0.3 is 0 Å². The van der Waals surface area contributed by atoms with E-state index in [0.29, 0.717) is 5.76 Å². The largest absolute Gasteiger partial charge is 0.360 e. The molecule has 1 saturated carbocycles. The first-order chi connectivity index (χ1) is 11.4. The summed E-state index contributed by atoms with van der Waals surface area (Å²) in [4.78, 5) is 12.3. The van der Waals surface area contributed by atoms with E-state index in [0.717, 1.165) is 25.7 Å². The lowest BCUT2D eigenvalue weighted by Gasteiger charge is -2.13. The Kier molecular flexibility index (Phi) is 4.68. The first-order valence-electron chi connectivity index (χ1n) is 7.81. The van der Waals surface area contributed by atoms with E-state index >= 15 is 0 Å². The van der Waals surface area contributed by atoms with E-state index < -0.39 is 15.9 Å². The lowest BCUT2D eigenvalue weighted by atomic mass is 10.2. The van der Waals surface area contributed by atoms with Crippen molar-refractivity contribution in [3.05, 3.63) is 41.7 Å². The van der Waals surface area contributed by atoms with Crippen molar-refractivity contribution in [3.63, 3.8) is 0 Å². The molecule has 8 heteroatoms. The molecule has 3 rings (SSSR count). The van der Waals surface area contributed by atoms with Gasteiger partial charge in [0.15, 0.2) is 5.82 Å². The standard InChI is InChI=1S/C16H19N3O4S/c1-11-9-15(18-23-11)17-16(20)12-5-4-8-14(10-12)24(21,22)19-13-6-2-3-7-13/h4-5,8-10,13,19H,2-3,6-7H2,1H3,(H,17,18,20). The van der Waals surface area contributed by atoms with Gasteiger partial charge in [-0.15, -0.1) is 0 Å². The predicted molar refractivity (Wildman–Crippen MR) is 88.2 cm³/mol. The van der Waals surface area contributed by atoms with Crippen molar-refractivity contribution in [1.82, 2.24) is 9.88 Å². The van der Waals surface area contributed by atoms with Crippen molar-refractivity contribution in [2.75, 3.05) is 5.32 Å². The monoisotopic (exact) mass is 349 g/mol. The lowest BCUT2D eigenvalue weighted by molar-refractivity contribution is 0.102. The Balaban J connectivity index is 1.76. The van der Waals surface area contributed by atoms with Crippen LogP contribution in [-0.2, 0) is 10.0 Å². The van der Waals surface area contributed by atoms with Gasteiger partial charge < -0.3 is 9.84 Å². The summed E-state index contributed by atoms with van der Waals surface area (Å²) < 4.78 is 32.5. The number of carbonyl (C=O) groups excluding carboxylic acids is 1. The van der Waals surface area contributed by atoms with Gasteiger partial charge in [0.1, 0.15) is 5.76 Å². The smallest absolute Gasteiger partial charge is 0.256 e. The third-order valence-electron chi connectivity index (χ3n) is 3.95. The van der Waals surface area contributed by atoms with Crippen LogP contribution < -0.4 is 10.0 Å². The molecule has 2 aromatic rings.